The van der Waals surface area contributed by atoms with Crippen LogP contribution in [0.25, 0.3) is 10.2 Å². The van der Waals surface area contributed by atoms with E-state index in [0.717, 1.165) is 21.6 Å². The molecule has 2 atom stereocenters. The molecular formula is C22H20FN7O5S3. The summed E-state index contributed by atoms with van der Waals surface area (Å²) >= 11 is 3.66. The second-order valence-corrected chi connectivity index (χ2v) is 11.4. The number of halogens is 1. The highest BCUT2D eigenvalue weighted by atomic mass is 32.2. The minimum absolute atomic E-state index is 0.110. The highest BCUT2D eigenvalue weighted by Gasteiger charge is 2.54. The number of nitrogen functional groups attached to an aromatic ring is 2. The van der Waals surface area contributed by atoms with Crippen LogP contribution in [-0.4, -0.2) is 68.8 Å². The molecule has 16 heteroatoms. The second kappa shape index (κ2) is 10.5. The van der Waals surface area contributed by atoms with Crippen LogP contribution in [-0.2, 0) is 19.2 Å². The second-order valence-electron chi connectivity index (χ2n) is 8.18. The van der Waals surface area contributed by atoms with Crippen LogP contribution in [0.3, 0.4) is 0 Å². The van der Waals surface area contributed by atoms with E-state index < -0.39 is 36.5 Å². The lowest BCUT2D eigenvalue weighted by Crippen LogP contribution is -2.72. The average molecular weight is 578 g/mol. The molecule has 0 saturated carbocycles. The molecule has 0 radical (unpaired) electrons. The Morgan fingerprint density at radius 1 is 1.34 bits per heavy atom. The van der Waals surface area contributed by atoms with Gasteiger partial charge in [-0.2, -0.15) is 0 Å². The quantitative estimate of drug-likeness (QED) is 0.0965. The fraction of sp³-hybridized carbons (Fsp3) is 0.273. The number of nitrogens with one attached hydrogen (secondary N) is 1. The summed E-state index contributed by atoms with van der Waals surface area (Å²) in [5.41, 5.74) is 12.5. The van der Waals surface area contributed by atoms with Crippen molar-refractivity contribution < 1.29 is 28.7 Å². The number of amides is 2. The van der Waals surface area contributed by atoms with Crippen molar-refractivity contribution in [2.75, 3.05) is 24.7 Å². The standard InChI is InChI=1S/C22H20FN7O5S3/c23-5-6-35-29-15(11-8-36-21(25)26-11)18(31)28-16-12-3-4-13(17(20(33)34)30(12)19(16)32)37-22-27-10-2-1-9(24)7-14(10)38-22/h1-2,7-8,12,16H,3-6,24H2,(H2,25,26)(H,28,31)(H,33,34)/b29-15+/t12-,16+/m1/s1. The molecule has 1 saturated heterocycles. The number of benzene rings is 1. The van der Waals surface area contributed by atoms with Crippen molar-refractivity contribution in [2.45, 2.75) is 29.3 Å². The number of aromatic nitrogens is 2. The van der Waals surface area contributed by atoms with Gasteiger partial charge in [-0.25, -0.2) is 19.2 Å². The maximum atomic E-state index is 13.1. The summed E-state index contributed by atoms with van der Waals surface area (Å²) in [4.78, 5) is 53.3. The van der Waals surface area contributed by atoms with Crippen LogP contribution >= 0.6 is 34.4 Å². The largest absolute Gasteiger partial charge is 0.477 e. The lowest BCUT2D eigenvalue weighted by Gasteiger charge is -2.49. The number of hydrogen-bond donors (Lipinski definition) is 4. The van der Waals surface area contributed by atoms with Gasteiger partial charge >= 0.3 is 5.97 Å². The molecule has 0 unspecified atom stereocenters. The number of carboxylic acid groups (broad SMARTS) is 1. The van der Waals surface area contributed by atoms with E-state index in [9.17, 15) is 23.9 Å². The van der Waals surface area contributed by atoms with Crippen LogP contribution in [0.15, 0.2) is 43.7 Å². The van der Waals surface area contributed by atoms with E-state index in [1.807, 2.05) is 0 Å². The fourth-order valence-electron chi connectivity index (χ4n) is 4.15. The Bertz CT molecular complexity index is 1500. The number of β-lactam (4-membered cyclic amide) rings is 1. The van der Waals surface area contributed by atoms with Crippen LogP contribution in [0, 0.1) is 0 Å². The molecule has 6 N–H and O–H groups in total. The number of aliphatic carboxylic acids is 1. The zero-order chi connectivity index (χ0) is 27.0. The average Bonchev–Trinajstić information content (AvgIpc) is 3.49. The van der Waals surface area contributed by atoms with E-state index in [1.54, 1.807) is 18.2 Å². The van der Waals surface area contributed by atoms with Crippen LogP contribution in [0.1, 0.15) is 18.5 Å². The van der Waals surface area contributed by atoms with Gasteiger partial charge < -0.3 is 26.7 Å². The van der Waals surface area contributed by atoms with E-state index in [0.29, 0.717) is 27.8 Å². The van der Waals surface area contributed by atoms with Gasteiger partial charge in [-0.3, -0.25) is 14.5 Å². The Hall–Kier alpha value is -3.76. The number of allylic oxidation sites excluding steroid dienone is 1. The molecule has 3 aromatic rings. The monoisotopic (exact) mass is 577 g/mol. The molecule has 2 aromatic heterocycles. The van der Waals surface area contributed by atoms with Crippen molar-refractivity contribution in [3.8, 4) is 0 Å². The number of hydrogen-bond acceptors (Lipinski definition) is 12. The van der Waals surface area contributed by atoms with E-state index in [2.05, 4.69) is 20.4 Å². The Balaban J connectivity index is 1.35. The molecule has 2 aliphatic heterocycles. The minimum atomic E-state index is -1.25. The number of nitrogens with two attached hydrogens (primary N) is 2. The molecule has 0 spiro atoms. The van der Waals surface area contributed by atoms with E-state index in [-0.39, 0.29) is 28.8 Å². The molecule has 4 heterocycles. The first kappa shape index (κ1) is 25.9. The normalized spacial score (nSPS) is 19.3. The minimum Gasteiger partial charge on any atom is -0.477 e. The number of rotatable bonds is 9. The van der Waals surface area contributed by atoms with Crippen molar-refractivity contribution in [2.24, 2.45) is 5.16 Å². The number of carbonyl (C=O) groups excluding carboxylic acids is 2. The third-order valence-corrected chi connectivity index (χ3v) is 8.69. The summed E-state index contributed by atoms with van der Waals surface area (Å²) in [6.07, 6.45) is 0.788. The molecule has 5 rings (SSSR count). The number of thioether (sulfide) groups is 1. The SMILES string of the molecule is Nc1ccc2nc(SC3=C(C(=O)O)N4C(=O)[C@@H](NC(=O)/C(=N/OCCF)c5csc(N)n5)[C@H]4CC3)sc2c1. The van der Waals surface area contributed by atoms with Gasteiger partial charge in [0.25, 0.3) is 11.8 Å². The predicted octanol–water partition coefficient (Wildman–Crippen LogP) is 2.19. The van der Waals surface area contributed by atoms with Crippen LogP contribution in [0.5, 0.6) is 0 Å². The van der Waals surface area contributed by atoms with Crippen molar-refractivity contribution >= 4 is 79.0 Å². The summed E-state index contributed by atoms with van der Waals surface area (Å²) in [5.74, 6) is -2.60. The van der Waals surface area contributed by atoms with E-state index in [1.165, 1.54) is 33.4 Å². The van der Waals surface area contributed by atoms with Crippen molar-refractivity contribution in [3.05, 3.63) is 39.9 Å². The maximum Gasteiger partial charge on any atom is 0.353 e. The first-order chi connectivity index (χ1) is 18.3. The van der Waals surface area contributed by atoms with Gasteiger partial charge in [0.05, 0.1) is 16.3 Å². The van der Waals surface area contributed by atoms with Crippen molar-refractivity contribution in [1.29, 1.82) is 0 Å². The maximum absolute atomic E-state index is 13.1. The number of carbonyl (C=O) groups is 3. The number of anilines is 2. The van der Waals surface area contributed by atoms with Gasteiger partial charge in [0, 0.05) is 16.0 Å². The number of thiazole rings is 2. The summed E-state index contributed by atoms with van der Waals surface area (Å²) in [5, 5.41) is 17.9. The van der Waals surface area contributed by atoms with Crippen molar-refractivity contribution in [1.82, 2.24) is 20.2 Å². The van der Waals surface area contributed by atoms with Gasteiger partial charge in [-0.1, -0.05) is 16.9 Å². The smallest absolute Gasteiger partial charge is 0.353 e. The molecule has 0 bridgehead atoms. The molecule has 38 heavy (non-hydrogen) atoms. The molecule has 198 valence electrons. The van der Waals surface area contributed by atoms with Gasteiger partial charge in [0.2, 0.25) is 0 Å². The van der Waals surface area contributed by atoms with Crippen LogP contribution in [0.2, 0.25) is 0 Å². The summed E-state index contributed by atoms with van der Waals surface area (Å²) in [6, 6.07) is 3.79. The van der Waals surface area contributed by atoms with Gasteiger partial charge in [-0.05, 0) is 31.0 Å². The molecular weight excluding hydrogens is 557 g/mol. The summed E-state index contributed by atoms with van der Waals surface area (Å²) in [7, 11) is 0. The number of oxime groups is 1. The Kier molecular flexibility index (Phi) is 7.18. The fourth-order valence-corrected chi connectivity index (χ4v) is 7.04. The molecule has 12 nitrogen and oxygen atoms in total. The van der Waals surface area contributed by atoms with Gasteiger partial charge in [0.15, 0.2) is 15.2 Å². The van der Waals surface area contributed by atoms with Crippen LogP contribution in [0.4, 0.5) is 15.2 Å². The van der Waals surface area contributed by atoms with E-state index >= 15 is 0 Å². The Labute approximate surface area is 226 Å². The molecule has 1 fully saturated rings. The summed E-state index contributed by atoms with van der Waals surface area (Å²) < 4.78 is 14.0. The summed E-state index contributed by atoms with van der Waals surface area (Å²) in [6.45, 7) is -1.18. The first-order valence-corrected chi connectivity index (χ1v) is 13.7. The molecule has 0 aliphatic carbocycles. The Morgan fingerprint density at radius 2 is 2.16 bits per heavy atom. The topological polar surface area (TPSA) is 186 Å². The van der Waals surface area contributed by atoms with Crippen molar-refractivity contribution in [3.63, 3.8) is 0 Å². The van der Waals surface area contributed by atoms with E-state index in [4.69, 9.17) is 16.3 Å². The zero-order valence-corrected chi connectivity index (χ0v) is 21.9. The Morgan fingerprint density at radius 3 is 2.87 bits per heavy atom. The third kappa shape index (κ3) is 4.89. The lowest BCUT2D eigenvalue weighted by molar-refractivity contribution is -0.155. The third-order valence-electron chi connectivity index (χ3n) is 5.79. The number of nitrogens with zero attached hydrogens (tertiary/aromatic N) is 4. The predicted molar refractivity (Wildman–Crippen MR) is 141 cm³/mol. The van der Waals surface area contributed by atoms with Gasteiger partial charge in [-0.15, -0.1) is 22.7 Å². The van der Waals surface area contributed by atoms with Gasteiger partial charge in [0.1, 0.15) is 30.7 Å². The molecule has 2 amide bonds. The van der Waals surface area contributed by atoms with Crippen LogP contribution < -0.4 is 16.8 Å². The first-order valence-electron chi connectivity index (χ1n) is 11.2. The highest BCUT2D eigenvalue weighted by Crippen LogP contribution is 2.44. The molecule has 1 aromatic carbocycles. The number of carboxylic acids is 1. The zero-order valence-electron chi connectivity index (χ0n) is 19.4. The lowest BCUT2D eigenvalue weighted by atomic mass is 9.86. The molecule has 2 aliphatic rings. The number of fused-ring (bicyclic) bond motifs is 2. The number of alkyl halides is 1. The highest BCUT2D eigenvalue weighted by molar-refractivity contribution is 8.04.